The molecule has 0 saturated carbocycles. The van der Waals surface area contributed by atoms with Crippen LogP contribution >= 0.6 is 0 Å². The van der Waals surface area contributed by atoms with E-state index < -0.39 is 31.1 Å². The minimum Gasteiger partial charge on any atom is -0.394 e. The Morgan fingerprint density at radius 3 is 2.78 bits per heavy atom. The van der Waals surface area contributed by atoms with Gasteiger partial charge in [0.2, 0.25) is 5.95 Å². The topological polar surface area (TPSA) is 177 Å². The Labute approximate surface area is 181 Å². The molecule has 0 bridgehead atoms. The number of aromatic nitrogens is 5. The number of anilines is 2. The minimum absolute atomic E-state index is 0.128. The molecule has 32 heavy (non-hydrogen) atoms. The van der Waals surface area contributed by atoms with Gasteiger partial charge in [-0.1, -0.05) is 24.3 Å². The zero-order valence-electron chi connectivity index (χ0n) is 16.6. The summed E-state index contributed by atoms with van der Waals surface area (Å²) in [6, 6.07) is 11.5. The van der Waals surface area contributed by atoms with E-state index in [1.54, 1.807) is 0 Å². The van der Waals surface area contributed by atoms with Crippen molar-refractivity contribution in [1.82, 2.24) is 24.5 Å². The monoisotopic (exact) mass is 436 g/mol. The molecule has 6 N–H and O–H groups in total. The number of nitrogen functional groups attached to an aromatic ring is 1. The number of aliphatic hydroxyl groups excluding tert-OH is 3. The molecule has 0 aliphatic carbocycles. The second-order valence-corrected chi connectivity index (χ2v) is 7.26. The molecule has 12 heteroatoms. The molecule has 164 valence electrons. The largest absolute Gasteiger partial charge is 0.394 e. The Balaban J connectivity index is 1.50. The van der Waals surface area contributed by atoms with Crippen LogP contribution in [0.25, 0.3) is 22.1 Å². The molecule has 0 amide bonds. The number of nitrogens with zero attached hydrogens (tertiary/aromatic N) is 6. The first-order valence-electron chi connectivity index (χ1n) is 9.82. The Bertz CT molecular complexity index is 1310. The summed E-state index contributed by atoms with van der Waals surface area (Å²) in [6.07, 6.45) is -1.92. The average Bonchev–Trinajstić information content (AvgIpc) is 3.31. The SMILES string of the molecule is Nc1ncnc2c1nc(N/N=C/c1ccc3ccccc3n1)n2[C@@H]1O[C@H](CO)[C@@H](O)[C@H]1O. The second kappa shape index (κ2) is 8.09. The van der Waals surface area contributed by atoms with Gasteiger partial charge in [-0.3, -0.25) is 4.57 Å². The summed E-state index contributed by atoms with van der Waals surface area (Å²) in [5.41, 5.74) is 10.7. The molecule has 1 aromatic carbocycles. The van der Waals surface area contributed by atoms with Crippen molar-refractivity contribution in [1.29, 1.82) is 0 Å². The second-order valence-electron chi connectivity index (χ2n) is 7.26. The van der Waals surface area contributed by atoms with Crippen molar-refractivity contribution in [3.05, 3.63) is 48.4 Å². The Hall–Kier alpha value is -3.71. The zero-order chi connectivity index (χ0) is 22.2. The van der Waals surface area contributed by atoms with Crippen LogP contribution in [0.1, 0.15) is 11.9 Å². The molecule has 1 aliphatic rings. The number of benzene rings is 1. The fraction of sp³-hybridized carbons (Fsp3) is 0.250. The number of para-hydroxylation sites is 1. The third-order valence-electron chi connectivity index (χ3n) is 5.26. The van der Waals surface area contributed by atoms with E-state index in [-0.39, 0.29) is 22.9 Å². The van der Waals surface area contributed by atoms with Crippen LogP contribution in [0, 0.1) is 0 Å². The average molecular weight is 436 g/mol. The van der Waals surface area contributed by atoms with Gasteiger partial charge in [0, 0.05) is 5.39 Å². The summed E-state index contributed by atoms with van der Waals surface area (Å²) in [6.45, 7) is -0.465. The molecule has 4 aromatic rings. The Morgan fingerprint density at radius 2 is 1.97 bits per heavy atom. The van der Waals surface area contributed by atoms with Crippen LogP contribution in [0.2, 0.25) is 0 Å². The number of nitrogens with one attached hydrogen (secondary N) is 1. The summed E-state index contributed by atoms with van der Waals surface area (Å²) in [4.78, 5) is 17.0. The Kier molecular flexibility index (Phi) is 5.11. The van der Waals surface area contributed by atoms with Crippen LogP contribution in [-0.4, -0.2) is 71.0 Å². The van der Waals surface area contributed by atoms with Gasteiger partial charge in [0.15, 0.2) is 23.2 Å². The predicted octanol–water partition coefficient (Wildman–Crippen LogP) is 0.0142. The summed E-state index contributed by atoms with van der Waals surface area (Å²) in [5.74, 6) is 0.280. The molecule has 1 fully saturated rings. The van der Waals surface area contributed by atoms with E-state index >= 15 is 0 Å². The highest BCUT2D eigenvalue weighted by molar-refractivity contribution is 5.86. The first kappa shape index (κ1) is 20.2. The highest BCUT2D eigenvalue weighted by atomic mass is 16.6. The van der Waals surface area contributed by atoms with E-state index in [9.17, 15) is 15.3 Å². The third kappa shape index (κ3) is 3.40. The lowest BCUT2D eigenvalue weighted by Crippen LogP contribution is -2.33. The highest BCUT2D eigenvalue weighted by Crippen LogP contribution is 2.35. The van der Waals surface area contributed by atoms with Crippen molar-refractivity contribution < 1.29 is 20.1 Å². The number of imidazole rings is 1. The summed E-state index contributed by atoms with van der Waals surface area (Å²) < 4.78 is 7.07. The maximum atomic E-state index is 10.5. The minimum atomic E-state index is -1.34. The van der Waals surface area contributed by atoms with Crippen molar-refractivity contribution >= 4 is 40.0 Å². The predicted molar refractivity (Wildman–Crippen MR) is 116 cm³/mol. The lowest BCUT2D eigenvalue weighted by atomic mass is 10.1. The van der Waals surface area contributed by atoms with Gasteiger partial charge >= 0.3 is 0 Å². The van der Waals surface area contributed by atoms with Crippen molar-refractivity contribution in [2.75, 3.05) is 17.8 Å². The molecule has 0 spiro atoms. The van der Waals surface area contributed by atoms with E-state index in [1.807, 2.05) is 36.4 Å². The van der Waals surface area contributed by atoms with Gasteiger partial charge < -0.3 is 25.8 Å². The molecule has 0 unspecified atom stereocenters. The van der Waals surface area contributed by atoms with Gasteiger partial charge in [-0.05, 0) is 12.1 Å². The molecule has 0 radical (unpaired) electrons. The van der Waals surface area contributed by atoms with Crippen molar-refractivity contribution in [3.8, 4) is 0 Å². The first-order chi connectivity index (χ1) is 15.6. The molecule has 1 aliphatic heterocycles. The van der Waals surface area contributed by atoms with Crippen molar-refractivity contribution in [3.63, 3.8) is 0 Å². The van der Waals surface area contributed by atoms with E-state index in [0.717, 1.165) is 10.9 Å². The van der Waals surface area contributed by atoms with E-state index in [2.05, 4.69) is 30.5 Å². The van der Waals surface area contributed by atoms with Gasteiger partial charge in [0.05, 0.1) is 24.0 Å². The van der Waals surface area contributed by atoms with Gasteiger partial charge in [-0.25, -0.2) is 25.4 Å². The normalized spacial score (nSPS) is 23.5. The quantitative estimate of drug-likeness (QED) is 0.212. The van der Waals surface area contributed by atoms with Gasteiger partial charge in [-0.2, -0.15) is 5.10 Å². The third-order valence-corrected chi connectivity index (χ3v) is 5.26. The summed E-state index contributed by atoms with van der Waals surface area (Å²) in [7, 11) is 0. The number of hydrogen-bond donors (Lipinski definition) is 5. The molecular weight excluding hydrogens is 416 g/mol. The summed E-state index contributed by atoms with van der Waals surface area (Å²) in [5, 5.41) is 35.3. The van der Waals surface area contributed by atoms with E-state index in [1.165, 1.54) is 17.1 Å². The number of rotatable bonds is 5. The molecule has 3 aromatic heterocycles. The molecule has 1 saturated heterocycles. The lowest BCUT2D eigenvalue weighted by molar-refractivity contribution is -0.0501. The van der Waals surface area contributed by atoms with E-state index in [4.69, 9.17) is 10.5 Å². The number of ether oxygens (including phenoxy) is 1. The van der Waals surface area contributed by atoms with E-state index in [0.29, 0.717) is 5.69 Å². The highest BCUT2D eigenvalue weighted by Gasteiger charge is 2.45. The molecule has 5 rings (SSSR count). The molecule has 4 heterocycles. The molecule has 4 atom stereocenters. The van der Waals surface area contributed by atoms with Crippen LogP contribution in [0.3, 0.4) is 0 Å². The number of hydrazone groups is 1. The van der Waals surface area contributed by atoms with Crippen molar-refractivity contribution in [2.24, 2.45) is 5.10 Å². The molecular formula is C20H20N8O4. The summed E-state index contributed by atoms with van der Waals surface area (Å²) >= 11 is 0. The van der Waals surface area contributed by atoms with Gasteiger partial charge in [0.1, 0.15) is 24.6 Å². The zero-order valence-corrected chi connectivity index (χ0v) is 16.6. The maximum Gasteiger partial charge on any atom is 0.228 e. The van der Waals surface area contributed by atoms with Crippen LogP contribution in [0.15, 0.2) is 47.8 Å². The number of fused-ring (bicyclic) bond motifs is 2. The standard InChI is InChI=1S/C20H20N8O4/c21-17-14-18(23-9-22-17)28(19-16(31)15(30)13(8-29)32-19)20(26-14)27-24-7-11-6-5-10-3-1-2-4-12(10)25-11/h1-7,9,13,15-16,19,29-31H,8H2,(H,26,27)(H2,21,22,23)/b24-7+/t13-,15-,16-,19-/m1/s1. The number of hydrogen-bond acceptors (Lipinski definition) is 11. The fourth-order valence-corrected chi connectivity index (χ4v) is 3.65. The van der Waals surface area contributed by atoms with Crippen molar-refractivity contribution in [2.45, 2.75) is 24.5 Å². The van der Waals surface area contributed by atoms with Gasteiger partial charge in [-0.15, -0.1) is 0 Å². The number of pyridine rings is 1. The van der Waals surface area contributed by atoms with Crippen LogP contribution in [0.5, 0.6) is 0 Å². The smallest absolute Gasteiger partial charge is 0.228 e. The fourth-order valence-electron chi connectivity index (χ4n) is 3.65. The number of nitrogens with two attached hydrogens (primary N) is 1. The van der Waals surface area contributed by atoms with Crippen LogP contribution < -0.4 is 11.2 Å². The first-order valence-corrected chi connectivity index (χ1v) is 9.82. The van der Waals surface area contributed by atoms with Crippen LogP contribution in [-0.2, 0) is 4.74 Å². The maximum absolute atomic E-state index is 10.5. The lowest BCUT2D eigenvalue weighted by Gasteiger charge is -2.18. The van der Waals surface area contributed by atoms with Crippen LogP contribution in [0.4, 0.5) is 11.8 Å². The molecule has 12 nitrogen and oxygen atoms in total. The van der Waals surface area contributed by atoms with Gasteiger partial charge in [0.25, 0.3) is 0 Å². The number of aliphatic hydroxyl groups is 3. The Morgan fingerprint density at radius 1 is 1.12 bits per heavy atom.